The molecule has 1 saturated heterocycles. The molecule has 0 saturated carbocycles. The molecule has 0 bridgehead atoms. The first-order valence-electron chi connectivity index (χ1n) is 7.93. The lowest BCUT2D eigenvalue weighted by atomic mass is 10.0. The Morgan fingerprint density at radius 3 is 2.61 bits per heavy atom. The quantitative estimate of drug-likeness (QED) is 0.821. The number of nitrogen functional groups attached to an aromatic ring is 1. The van der Waals surface area contributed by atoms with Crippen LogP contribution < -0.4 is 11.1 Å². The molecule has 0 spiro atoms. The molecule has 1 unspecified atom stereocenters. The smallest absolute Gasteiger partial charge is 0.410 e. The first kappa shape index (κ1) is 17.1. The Morgan fingerprint density at radius 1 is 1.26 bits per heavy atom. The lowest BCUT2D eigenvalue weighted by Gasteiger charge is -2.35. The van der Waals surface area contributed by atoms with Crippen LogP contribution in [0.3, 0.4) is 0 Å². The van der Waals surface area contributed by atoms with Gasteiger partial charge in [-0.15, -0.1) is 0 Å². The average Bonchev–Trinajstić information content (AvgIpc) is 2.48. The Kier molecular flexibility index (Phi) is 5.13. The molecule has 1 heterocycles. The Morgan fingerprint density at radius 2 is 1.96 bits per heavy atom. The highest BCUT2D eigenvalue weighted by Gasteiger charge is 2.34. The van der Waals surface area contributed by atoms with Crippen LogP contribution in [0.1, 0.15) is 40.0 Å². The van der Waals surface area contributed by atoms with Crippen molar-refractivity contribution in [2.75, 3.05) is 17.6 Å². The zero-order chi connectivity index (χ0) is 17.0. The van der Waals surface area contributed by atoms with Gasteiger partial charge in [-0.05, 0) is 52.2 Å². The molecule has 23 heavy (non-hydrogen) atoms. The largest absolute Gasteiger partial charge is 0.444 e. The zero-order valence-electron chi connectivity index (χ0n) is 14.0. The molecule has 0 aliphatic carbocycles. The number of nitrogens with two attached hydrogens (primary N) is 1. The highest BCUT2D eigenvalue weighted by atomic mass is 16.6. The average molecular weight is 319 g/mol. The number of anilines is 2. The summed E-state index contributed by atoms with van der Waals surface area (Å²) in [6.07, 6.45) is 1.95. The zero-order valence-corrected chi connectivity index (χ0v) is 14.0. The summed E-state index contributed by atoms with van der Waals surface area (Å²) >= 11 is 0. The van der Waals surface area contributed by atoms with Gasteiger partial charge in [-0.25, -0.2) is 4.79 Å². The molecule has 1 fully saturated rings. The van der Waals surface area contributed by atoms with Crippen LogP contribution in [0.15, 0.2) is 24.3 Å². The minimum absolute atomic E-state index is 0.228. The van der Waals surface area contributed by atoms with Crippen molar-refractivity contribution in [3.63, 3.8) is 0 Å². The van der Waals surface area contributed by atoms with Gasteiger partial charge in [0.1, 0.15) is 11.6 Å². The lowest BCUT2D eigenvalue weighted by molar-refractivity contribution is -0.122. The van der Waals surface area contributed by atoms with Crippen molar-refractivity contribution in [3.05, 3.63) is 24.3 Å². The van der Waals surface area contributed by atoms with E-state index in [1.807, 2.05) is 20.8 Å². The van der Waals surface area contributed by atoms with Crippen LogP contribution in [-0.4, -0.2) is 35.1 Å². The van der Waals surface area contributed by atoms with Gasteiger partial charge in [0, 0.05) is 6.54 Å². The van der Waals surface area contributed by atoms with Gasteiger partial charge in [0.15, 0.2) is 0 Å². The predicted molar refractivity (Wildman–Crippen MR) is 90.1 cm³/mol. The molecule has 6 nitrogen and oxygen atoms in total. The monoisotopic (exact) mass is 319 g/mol. The van der Waals surface area contributed by atoms with Crippen molar-refractivity contribution < 1.29 is 14.3 Å². The summed E-state index contributed by atoms with van der Waals surface area (Å²) in [4.78, 5) is 26.4. The molecule has 1 aromatic carbocycles. The molecule has 1 atom stereocenters. The van der Waals surface area contributed by atoms with Crippen LogP contribution in [0.5, 0.6) is 0 Å². The van der Waals surface area contributed by atoms with Gasteiger partial charge in [0.05, 0.1) is 11.4 Å². The molecule has 2 rings (SSSR count). The minimum Gasteiger partial charge on any atom is -0.444 e. The van der Waals surface area contributed by atoms with E-state index in [9.17, 15) is 9.59 Å². The number of hydrogen-bond donors (Lipinski definition) is 2. The van der Waals surface area contributed by atoms with Crippen molar-refractivity contribution >= 4 is 23.4 Å². The number of piperidine rings is 1. The number of rotatable bonds is 2. The number of likely N-dealkylation sites (tertiary alicyclic amines) is 1. The highest BCUT2D eigenvalue weighted by Crippen LogP contribution is 2.23. The number of carbonyl (C=O) groups excluding carboxylic acids is 2. The number of hydrogen-bond acceptors (Lipinski definition) is 4. The second-order valence-corrected chi connectivity index (χ2v) is 6.76. The molecule has 0 radical (unpaired) electrons. The van der Waals surface area contributed by atoms with Crippen molar-refractivity contribution in [1.29, 1.82) is 0 Å². The number of para-hydroxylation sites is 2. The molecule has 126 valence electrons. The molecule has 2 amide bonds. The molecule has 0 aromatic heterocycles. The first-order chi connectivity index (χ1) is 10.8. The standard InChI is InChI=1S/C17H25N3O3/c1-17(2,3)23-16(22)20-11-7-6-10-14(20)15(21)19-13-9-5-4-8-12(13)18/h4-5,8-9,14H,6-7,10-11,18H2,1-3H3,(H,19,21). The second-order valence-electron chi connectivity index (χ2n) is 6.76. The summed E-state index contributed by atoms with van der Waals surface area (Å²) in [7, 11) is 0. The van der Waals surface area contributed by atoms with Crippen LogP contribution in [0.4, 0.5) is 16.2 Å². The molecule has 1 aromatic rings. The number of nitrogens with zero attached hydrogens (tertiary/aromatic N) is 1. The van der Waals surface area contributed by atoms with Crippen molar-refractivity contribution in [3.8, 4) is 0 Å². The van der Waals surface area contributed by atoms with Crippen molar-refractivity contribution in [1.82, 2.24) is 4.90 Å². The fourth-order valence-electron chi connectivity index (χ4n) is 2.57. The van der Waals surface area contributed by atoms with Crippen LogP contribution in [0.25, 0.3) is 0 Å². The summed E-state index contributed by atoms with van der Waals surface area (Å²) < 4.78 is 5.41. The summed E-state index contributed by atoms with van der Waals surface area (Å²) in [5.41, 5.74) is 6.33. The summed E-state index contributed by atoms with van der Waals surface area (Å²) in [6.45, 7) is 5.97. The fourth-order valence-corrected chi connectivity index (χ4v) is 2.57. The van der Waals surface area contributed by atoms with Crippen LogP contribution in [-0.2, 0) is 9.53 Å². The Labute approximate surface area is 137 Å². The highest BCUT2D eigenvalue weighted by molar-refractivity contribution is 5.98. The van der Waals surface area contributed by atoms with E-state index in [2.05, 4.69) is 5.32 Å². The summed E-state index contributed by atoms with van der Waals surface area (Å²) in [5.74, 6) is -0.228. The van der Waals surface area contributed by atoms with E-state index in [4.69, 9.17) is 10.5 Å². The van der Waals surface area contributed by atoms with Crippen molar-refractivity contribution in [2.45, 2.75) is 51.7 Å². The third-order valence-electron chi connectivity index (χ3n) is 3.65. The Hall–Kier alpha value is -2.24. The van der Waals surface area contributed by atoms with E-state index in [0.717, 1.165) is 12.8 Å². The maximum absolute atomic E-state index is 12.6. The van der Waals surface area contributed by atoms with Crippen LogP contribution >= 0.6 is 0 Å². The van der Waals surface area contributed by atoms with Gasteiger partial charge in [0.25, 0.3) is 0 Å². The topological polar surface area (TPSA) is 84.7 Å². The maximum Gasteiger partial charge on any atom is 0.410 e. The minimum atomic E-state index is -0.584. The third-order valence-corrected chi connectivity index (χ3v) is 3.65. The third kappa shape index (κ3) is 4.61. The van der Waals surface area contributed by atoms with E-state index >= 15 is 0 Å². The normalized spacial score (nSPS) is 18.4. The maximum atomic E-state index is 12.6. The van der Waals surface area contributed by atoms with Gasteiger partial charge in [-0.2, -0.15) is 0 Å². The molecule has 6 heteroatoms. The molecule has 1 aliphatic rings. The van der Waals surface area contributed by atoms with Crippen molar-refractivity contribution in [2.24, 2.45) is 0 Å². The van der Waals surface area contributed by atoms with Gasteiger partial charge >= 0.3 is 6.09 Å². The Bertz CT molecular complexity index is 581. The van der Waals surface area contributed by atoms with E-state index < -0.39 is 17.7 Å². The number of ether oxygens (including phenoxy) is 1. The first-order valence-corrected chi connectivity index (χ1v) is 7.93. The van der Waals surface area contributed by atoms with Gasteiger partial charge in [0.2, 0.25) is 5.91 Å². The molecular formula is C17H25N3O3. The van der Waals surface area contributed by atoms with Gasteiger partial charge < -0.3 is 15.8 Å². The number of nitrogens with one attached hydrogen (secondary N) is 1. The SMILES string of the molecule is CC(C)(C)OC(=O)N1CCCCC1C(=O)Nc1ccccc1N. The second kappa shape index (κ2) is 6.89. The lowest BCUT2D eigenvalue weighted by Crippen LogP contribution is -2.51. The number of amides is 2. The van der Waals surface area contributed by atoms with Gasteiger partial charge in [-0.1, -0.05) is 12.1 Å². The van der Waals surface area contributed by atoms with Crippen LogP contribution in [0, 0.1) is 0 Å². The summed E-state index contributed by atoms with van der Waals surface area (Å²) in [5, 5.41) is 2.81. The van der Waals surface area contributed by atoms with E-state index in [1.54, 1.807) is 24.3 Å². The molecule has 1 aliphatic heterocycles. The van der Waals surface area contributed by atoms with E-state index in [1.165, 1.54) is 4.90 Å². The van der Waals surface area contributed by atoms with E-state index in [0.29, 0.717) is 24.3 Å². The van der Waals surface area contributed by atoms with E-state index in [-0.39, 0.29) is 5.91 Å². The van der Waals surface area contributed by atoms with Crippen LogP contribution in [0.2, 0.25) is 0 Å². The fraction of sp³-hybridized carbons (Fsp3) is 0.529. The molecule has 3 N–H and O–H groups in total. The predicted octanol–water partition coefficient (Wildman–Crippen LogP) is 3.00. The number of benzene rings is 1. The summed E-state index contributed by atoms with van der Waals surface area (Å²) in [6, 6.07) is 6.55. The van der Waals surface area contributed by atoms with Gasteiger partial charge in [-0.3, -0.25) is 9.69 Å². The number of carbonyl (C=O) groups is 2. The Balaban J connectivity index is 2.10. The molecular weight excluding hydrogens is 294 g/mol.